The van der Waals surface area contributed by atoms with E-state index in [1.807, 2.05) is 52.8 Å². The van der Waals surface area contributed by atoms with Crippen LogP contribution in [0.3, 0.4) is 0 Å². The van der Waals surface area contributed by atoms with Gasteiger partial charge in [-0.1, -0.05) is 18.2 Å². The van der Waals surface area contributed by atoms with Crippen LogP contribution >= 0.6 is 0 Å². The minimum absolute atomic E-state index is 0.178. The van der Waals surface area contributed by atoms with E-state index in [1.54, 1.807) is 0 Å². The van der Waals surface area contributed by atoms with E-state index in [2.05, 4.69) is 0 Å². The Morgan fingerprint density at radius 1 is 1.04 bits per heavy atom. The maximum absolute atomic E-state index is 6.10. The summed E-state index contributed by atoms with van der Waals surface area (Å²) in [6.45, 7) is 11.1. The number of hydrogen-bond acceptors (Lipinski definition) is 6. The first-order valence-corrected chi connectivity index (χ1v) is 8.53. The summed E-state index contributed by atoms with van der Waals surface area (Å²) in [7, 11) is 0. The standard InChI is InChI=1S/C18H28O6/c1-6-7-9-19-10-8-12-14(13-11-20-17(2,3)22-13)21-16-15(12)23-18(4,5)24-16/h6-8,13-16H,9-11H2,1-5H3/b7-6+,12-8-/t13-,14+,15-,16-/m1/s1. The molecule has 24 heavy (non-hydrogen) atoms. The van der Waals surface area contributed by atoms with E-state index in [0.717, 1.165) is 5.57 Å². The SMILES string of the molecule is C/C=C/COC/C=C1\[C@H]2OC(C)(C)O[C@H]2O[C@@H]1[C@H]1COC(C)(C)O1. The van der Waals surface area contributed by atoms with Crippen molar-refractivity contribution in [2.24, 2.45) is 0 Å². The smallest absolute Gasteiger partial charge is 0.191 e. The van der Waals surface area contributed by atoms with Gasteiger partial charge in [-0.3, -0.25) is 0 Å². The first kappa shape index (κ1) is 18.0. The second-order valence-electron chi connectivity index (χ2n) is 7.16. The molecule has 0 radical (unpaired) electrons. The Kier molecular flexibility index (Phi) is 5.16. The maximum Gasteiger partial charge on any atom is 0.191 e. The van der Waals surface area contributed by atoms with Crippen molar-refractivity contribution in [3.05, 3.63) is 23.8 Å². The Bertz CT molecular complexity index is 510. The second kappa shape index (κ2) is 6.86. The highest BCUT2D eigenvalue weighted by Crippen LogP contribution is 2.43. The van der Waals surface area contributed by atoms with Crippen LogP contribution in [0.5, 0.6) is 0 Å². The van der Waals surface area contributed by atoms with Crippen molar-refractivity contribution >= 4 is 0 Å². The molecular formula is C18H28O6. The molecule has 0 N–H and O–H groups in total. The molecule has 136 valence electrons. The van der Waals surface area contributed by atoms with Crippen LogP contribution in [0.1, 0.15) is 34.6 Å². The topological polar surface area (TPSA) is 55.4 Å². The molecule has 0 bridgehead atoms. The van der Waals surface area contributed by atoms with E-state index < -0.39 is 17.9 Å². The zero-order valence-corrected chi connectivity index (χ0v) is 15.1. The van der Waals surface area contributed by atoms with Crippen LogP contribution in [-0.4, -0.2) is 56.0 Å². The lowest BCUT2D eigenvalue weighted by Gasteiger charge is -2.25. The first-order chi connectivity index (χ1) is 11.3. The molecule has 6 nitrogen and oxygen atoms in total. The second-order valence-corrected chi connectivity index (χ2v) is 7.16. The third-order valence-electron chi connectivity index (χ3n) is 4.25. The predicted octanol–water partition coefficient (Wildman–Crippen LogP) is 2.53. The summed E-state index contributed by atoms with van der Waals surface area (Å²) < 4.78 is 35.2. The van der Waals surface area contributed by atoms with Gasteiger partial charge in [0.05, 0.1) is 19.8 Å². The van der Waals surface area contributed by atoms with Gasteiger partial charge in [-0.05, 0) is 40.2 Å². The average molecular weight is 340 g/mol. The van der Waals surface area contributed by atoms with Crippen LogP contribution in [0.2, 0.25) is 0 Å². The summed E-state index contributed by atoms with van der Waals surface area (Å²) in [4.78, 5) is 0. The normalized spacial score (nSPS) is 39.1. The van der Waals surface area contributed by atoms with Crippen molar-refractivity contribution in [3.63, 3.8) is 0 Å². The van der Waals surface area contributed by atoms with Crippen molar-refractivity contribution in [2.75, 3.05) is 19.8 Å². The van der Waals surface area contributed by atoms with E-state index in [-0.39, 0.29) is 18.3 Å². The molecule has 3 saturated heterocycles. The van der Waals surface area contributed by atoms with Crippen molar-refractivity contribution in [3.8, 4) is 0 Å². The first-order valence-electron chi connectivity index (χ1n) is 8.53. The molecule has 0 aliphatic carbocycles. The van der Waals surface area contributed by atoms with Gasteiger partial charge in [0.25, 0.3) is 0 Å². The van der Waals surface area contributed by atoms with Gasteiger partial charge in [-0.25, -0.2) is 0 Å². The van der Waals surface area contributed by atoms with E-state index in [0.29, 0.717) is 19.8 Å². The van der Waals surface area contributed by atoms with Gasteiger partial charge < -0.3 is 28.4 Å². The fraction of sp³-hybridized carbons (Fsp3) is 0.778. The van der Waals surface area contributed by atoms with Crippen molar-refractivity contribution in [1.29, 1.82) is 0 Å². The summed E-state index contributed by atoms with van der Waals surface area (Å²) in [5.41, 5.74) is 1.01. The van der Waals surface area contributed by atoms with Gasteiger partial charge in [-0.15, -0.1) is 0 Å². The van der Waals surface area contributed by atoms with Crippen LogP contribution in [-0.2, 0) is 28.4 Å². The Hall–Kier alpha value is -0.760. The molecule has 0 spiro atoms. The van der Waals surface area contributed by atoms with Gasteiger partial charge >= 0.3 is 0 Å². The van der Waals surface area contributed by atoms with Crippen molar-refractivity contribution < 1.29 is 28.4 Å². The summed E-state index contributed by atoms with van der Waals surface area (Å²) in [6, 6.07) is 0. The van der Waals surface area contributed by atoms with E-state index in [4.69, 9.17) is 28.4 Å². The average Bonchev–Trinajstić information content (AvgIpc) is 3.09. The van der Waals surface area contributed by atoms with Crippen LogP contribution in [0.4, 0.5) is 0 Å². The van der Waals surface area contributed by atoms with Crippen molar-refractivity contribution in [2.45, 2.75) is 70.8 Å². The lowest BCUT2D eigenvalue weighted by molar-refractivity contribution is -0.215. The van der Waals surface area contributed by atoms with Gasteiger partial charge in [0.15, 0.2) is 17.9 Å². The van der Waals surface area contributed by atoms with E-state index >= 15 is 0 Å². The lowest BCUT2D eigenvalue weighted by Crippen LogP contribution is -2.35. The third-order valence-corrected chi connectivity index (χ3v) is 4.25. The van der Waals surface area contributed by atoms with E-state index in [9.17, 15) is 0 Å². The molecule has 6 heteroatoms. The quantitative estimate of drug-likeness (QED) is 0.566. The van der Waals surface area contributed by atoms with Crippen LogP contribution in [0, 0.1) is 0 Å². The summed E-state index contributed by atoms with van der Waals surface area (Å²) in [5, 5.41) is 0. The fourth-order valence-electron chi connectivity index (χ4n) is 3.23. The zero-order valence-electron chi connectivity index (χ0n) is 15.1. The Balaban J connectivity index is 1.72. The van der Waals surface area contributed by atoms with Gasteiger partial charge in [0, 0.05) is 0 Å². The summed E-state index contributed by atoms with van der Waals surface area (Å²) in [5.74, 6) is -1.25. The highest BCUT2D eigenvalue weighted by atomic mass is 16.8. The molecule has 3 rings (SSSR count). The molecule has 4 atom stereocenters. The number of ether oxygens (including phenoxy) is 6. The largest absolute Gasteiger partial charge is 0.373 e. The lowest BCUT2D eigenvalue weighted by atomic mass is 10.0. The van der Waals surface area contributed by atoms with Crippen molar-refractivity contribution in [1.82, 2.24) is 0 Å². The molecule has 0 aromatic rings. The number of rotatable bonds is 5. The monoisotopic (exact) mass is 340 g/mol. The molecule has 0 aromatic heterocycles. The highest BCUT2D eigenvalue weighted by molar-refractivity contribution is 5.24. The molecule has 3 fully saturated rings. The van der Waals surface area contributed by atoms with Gasteiger partial charge in [0.1, 0.15) is 18.3 Å². The maximum atomic E-state index is 6.10. The number of hydrogen-bond donors (Lipinski definition) is 0. The van der Waals surface area contributed by atoms with Crippen LogP contribution < -0.4 is 0 Å². The predicted molar refractivity (Wildman–Crippen MR) is 87.3 cm³/mol. The summed E-state index contributed by atoms with van der Waals surface area (Å²) >= 11 is 0. The molecule has 0 amide bonds. The Morgan fingerprint density at radius 2 is 1.83 bits per heavy atom. The van der Waals surface area contributed by atoms with Gasteiger partial charge in [-0.2, -0.15) is 0 Å². The molecule has 0 aromatic carbocycles. The Morgan fingerprint density at radius 3 is 2.50 bits per heavy atom. The van der Waals surface area contributed by atoms with Crippen LogP contribution in [0.15, 0.2) is 23.8 Å². The molecular weight excluding hydrogens is 312 g/mol. The molecule has 3 aliphatic rings. The molecule has 3 aliphatic heterocycles. The molecule has 3 heterocycles. The number of allylic oxidation sites excluding steroid dienone is 1. The zero-order chi connectivity index (χ0) is 17.4. The van der Waals surface area contributed by atoms with E-state index in [1.165, 1.54) is 0 Å². The highest BCUT2D eigenvalue weighted by Gasteiger charge is 2.55. The Labute approximate surface area is 143 Å². The van der Waals surface area contributed by atoms with Crippen LogP contribution in [0.25, 0.3) is 0 Å². The van der Waals surface area contributed by atoms with Gasteiger partial charge in [0.2, 0.25) is 0 Å². The summed E-state index contributed by atoms with van der Waals surface area (Å²) in [6.07, 6.45) is 4.89. The molecule has 0 unspecified atom stereocenters. The minimum Gasteiger partial charge on any atom is -0.373 e. The number of fused-ring (bicyclic) bond motifs is 1. The minimum atomic E-state index is -0.655. The third kappa shape index (κ3) is 3.90. The molecule has 0 saturated carbocycles. The fourth-order valence-corrected chi connectivity index (χ4v) is 3.23.